The minimum Gasteiger partial charge on any atom is -0.481 e. The Hall–Kier alpha value is -1.59. The van der Waals surface area contributed by atoms with Crippen molar-refractivity contribution >= 4 is 17.8 Å². The molecule has 0 unspecified atom stereocenters. The summed E-state index contributed by atoms with van der Waals surface area (Å²) in [7, 11) is 0. The van der Waals surface area contributed by atoms with Crippen LogP contribution >= 0.6 is 0 Å². The van der Waals surface area contributed by atoms with Crippen molar-refractivity contribution in [1.82, 2.24) is 5.32 Å². The molecule has 0 heterocycles. The third-order valence-corrected chi connectivity index (χ3v) is 7.77. The summed E-state index contributed by atoms with van der Waals surface area (Å²) in [6, 6.07) is -0.877. The van der Waals surface area contributed by atoms with Gasteiger partial charge in [-0.1, -0.05) is 155 Å². The summed E-state index contributed by atoms with van der Waals surface area (Å²) in [5.74, 6) is -1.68. The topological polar surface area (TPSA) is 92.7 Å². The molecule has 236 valence electrons. The van der Waals surface area contributed by atoms with Crippen LogP contribution in [0.1, 0.15) is 187 Å². The lowest BCUT2D eigenvalue weighted by Gasteiger charge is -2.17. The Morgan fingerprint density at radius 2 is 0.925 bits per heavy atom. The van der Waals surface area contributed by atoms with Gasteiger partial charge in [-0.2, -0.15) is 0 Å². The maximum absolute atomic E-state index is 12.5. The minimum atomic E-state index is -0.978. The van der Waals surface area contributed by atoms with Crippen LogP contribution < -0.4 is 5.32 Å². The number of carbonyl (C=O) groups is 3. The fraction of sp³-hybridized carbons (Fsp3) is 0.912. The van der Waals surface area contributed by atoms with Gasteiger partial charge in [-0.3, -0.25) is 9.59 Å². The lowest BCUT2D eigenvalue weighted by atomic mass is 10.0. The zero-order chi connectivity index (χ0) is 29.5. The van der Waals surface area contributed by atoms with Gasteiger partial charge in [-0.25, -0.2) is 4.79 Å². The Labute approximate surface area is 247 Å². The molecule has 0 fully saturated rings. The standard InChI is InChI=1S/C34H65NO5/c1-3-5-7-9-11-13-15-16-17-18-20-22-24-26-30-40-34(39)31(28-29-33(37)38)35-32(36)27-25-23-21-19-14-12-10-8-6-4-2/h31H,3-30H2,1-2H3,(H,35,36)(H,37,38)/t31-/m0/s1. The summed E-state index contributed by atoms with van der Waals surface area (Å²) in [5, 5.41) is 11.8. The normalized spacial score (nSPS) is 11.8. The van der Waals surface area contributed by atoms with Gasteiger partial charge in [0.15, 0.2) is 0 Å². The second-order valence-electron chi connectivity index (χ2n) is 11.7. The molecule has 1 atom stereocenters. The largest absolute Gasteiger partial charge is 0.481 e. The fourth-order valence-corrected chi connectivity index (χ4v) is 5.13. The van der Waals surface area contributed by atoms with Crippen LogP contribution in [0.15, 0.2) is 0 Å². The molecule has 0 aliphatic heterocycles. The molecule has 0 bridgehead atoms. The summed E-state index contributed by atoms with van der Waals surface area (Å²) < 4.78 is 5.40. The van der Waals surface area contributed by atoms with E-state index in [1.165, 1.54) is 116 Å². The molecule has 0 spiro atoms. The van der Waals surface area contributed by atoms with E-state index < -0.39 is 18.0 Å². The lowest BCUT2D eigenvalue weighted by Crippen LogP contribution is -2.42. The number of carboxylic acids is 1. The molecule has 0 saturated carbocycles. The molecule has 0 radical (unpaired) electrons. The van der Waals surface area contributed by atoms with E-state index in [1.54, 1.807) is 0 Å². The highest BCUT2D eigenvalue weighted by Gasteiger charge is 2.23. The van der Waals surface area contributed by atoms with Crippen LogP contribution in [-0.4, -0.2) is 35.6 Å². The van der Waals surface area contributed by atoms with Crippen LogP contribution in [0.3, 0.4) is 0 Å². The number of ether oxygens (including phenoxy) is 1. The van der Waals surface area contributed by atoms with Gasteiger partial charge in [0.25, 0.3) is 0 Å². The molecule has 6 heteroatoms. The van der Waals surface area contributed by atoms with E-state index in [4.69, 9.17) is 9.84 Å². The van der Waals surface area contributed by atoms with E-state index in [-0.39, 0.29) is 18.7 Å². The minimum absolute atomic E-state index is 0.0661. The summed E-state index contributed by atoms with van der Waals surface area (Å²) >= 11 is 0. The molecule has 0 aliphatic rings. The Morgan fingerprint density at radius 3 is 1.32 bits per heavy atom. The molecule has 0 aromatic rings. The highest BCUT2D eigenvalue weighted by Crippen LogP contribution is 2.14. The highest BCUT2D eigenvalue weighted by atomic mass is 16.5. The summed E-state index contributed by atoms with van der Waals surface area (Å²) in [4.78, 5) is 35.9. The fourth-order valence-electron chi connectivity index (χ4n) is 5.13. The van der Waals surface area contributed by atoms with Crippen LogP contribution in [0.25, 0.3) is 0 Å². The Kier molecular flexibility index (Phi) is 29.2. The number of unbranched alkanes of at least 4 members (excludes halogenated alkanes) is 22. The first-order valence-corrected chi connectivity index (χ1v) is 17.2. The van der Waals surface area contributed by atoms with Gasteiger partial charge in [0, 0.05) is 12.8 Å². The van der Waals surface area contributed by atoms with Gasteiger partial charge in [-0.15, -0.1) is 0 Å². The molecule has 0 aromatic heterocycles. The van der Waals surface area contributed by atoms with Crippen molar-refractivity contribution < 1.29 is 24.2 Å². The van der Waals surface area contributed by atoms with Crippen LogP contribution in [0, 0.1) is 0 Å². The van der Waals surface area contributed by atoms with Crippen LogP contribution in [0.2, 0.25) is 0 Å². The van der Waals surface area contributed by atoms with Crippen molar-refractivity contribution in [3.05, 3.63) is 0 Å². The summed E-state index contributed by atoms with van der Waals surface area (Å²) in [6.07, 6.45) is 30.0. The van der Waals surface area contributed by atoms with Gasteiger partial charge >= 0.3 is 11.9 Å². The molecule has 2 N–H and O–H groups in total. The lowest BCUT2D eigenvalue weighted by molar-refractivity contribution is -0.148. The monoisotopic (exact) mass is 567 g/mol. The van der Waals surface area contributed by atoms with Crippen molar-refractivity contribution in [2.45, 2.75) is 193 Å². The molecule has 6 nitrogen and oxygen atoms in total. The van der Waals surface area contributed by atoms with Gasteiger partial charge in [0.2, 0.25) is 5.91 Å². The smallest absolute Gasteiger partial charge is 0.328 e. The zero-order valence-corrected chi connectivity index (χ0v) is 26.5. The number of carbonyl (C=O) groups excluding carboxylic acids is 2. The van der Waals surface area contributed by atoms with E-state index in [0.29, 0.717) is 13.0 Å². The molecule has 0 aliphatic carbocycles. The van der Waals surface area contributed by atoms with E-state index in [0.717, 1.165) is 38.5 Å². The quantitative estimate of drug-likeness (QED) is 0.0642. The average molecular weight is 568 g/mol. The molecule has 40 heavy (non-hydrogen) atoms. The number of esters is 1. The number of amides is 1. The molecule has 1 amide bonds. The van der Waals surface area contributed by atoms with Crippen molar-refractivity contribution in [3.63, 3.8) is 0 Å². The first-order chi connectivity index (χ1) is 19.5. The maximum Gasteiger partial charge on any atom is 0.328 e. The van der Waals surface area contributed by atoms with Gasteiger partial charge in [0.05, 0.1) is 6.61 Å². The zero-order valence-electron chi connectivity index (χ0n) is 26.5. The van der Waals surface area contributed by atoms with Crippen molar-refractivity contribution in [1.29, 1.82) is 0 Å². The van der Waals surface area contributed by atoms with Crippen LogP contribution in [0.5, 0.6) is 0 Å². The van der Waals surface area contributed by atoms with E-state index in [9.17, 15) is 14.4 Å². The van der Waals surface area contributed by atoms with Crippen LogP contribution in [0.4, 0.5) is 0 Å². The van der Waals surface area contributed by atoms with Crippen molar-refractivity contribution in [3.8, 4) is 0 Å². The molecular formula is C34H65NO5. The summed E-state index contributed by atoms with van der Waals surface area (Å²) in [6.45, 7) is 4.82. The predicted octanol–water partition coefficient (Wildman–Crippen LogP) is 9.67. The third-order valence-electron chi connectivity index (χ3n) is 7.77. The third kappa shape index (κ3) is 28.0. The van der Waals surface area contributed by atoms with E-state index in [2.05, 4.69) is 19.2 Å². The average Bonchev–Trinajstić information content (AvgIpc) is 2.93. The Balaban J connectivity index is 3.88. The van der Waals surface area contributed by atoms with Crippen molar-refractivity contribution in [2.24, 2.45) is 0 Å². The van der Waals surface area contributed by atoms with Gasteiger partial charge in [-0.05, 0) is 19.3 Å². The number of aliphatic carboxylic acids is 1. The van der Waals surface area contributed by atoms with Gasteiger partial charge in [0.1, 0.15) is 6.04 Å². The first kappa shape index (κ1) is 38.4. The molecule has 0 rings (SSSR count). The number of carboxylic acid groups (broad SMARTS) is 1. The van der Waals surface area contributed by atoms with E-state index >= 15 is 0 Å². The highest BCUT2D eigenvalue weighted by molar-refractivity contribution is 5.84. The molecule has 0 aromatic carbocycles. The Bertz CT molecular complexity index is 595. The Morgan fingerprint density at radius 1 is 0.550 bits per heavy atom. The molecular weight excluding hydrogens is 502 g/mol. The number of rotatable bonds is 31. The van der Waals surface area contributed by atoms with E-state index in [1.807, 2.05) is 0 Å². The predicted molar refractivity (Wildman–Crippen MR) is 167 cm³/mol. The SMILES string of the molecule is CCCCCCCCCCCCCCCCOC(=O)[C@H](CCC(=O)O)NC(=O)CCCCCCCCCCCC. The second-order valence-corrected chi connectivity index (χ2v) is 11.7. The molecule has 0 saturated heterocycles. The number of hydrogen-bond acceptors (Lipinski definition) is 4. The number of nitrogens with one attached hydrogen (secondary N) is 1. The summed E-state index contributed by atoms with van der Waals surface area (Å²) in [5.41, 5.74) is 0. The number of hydrogen-bond donors (Lipinski definition) is 2. The van der Waals surface area contributed by atoms with Crippen molar-refractivity contribution in [2.75, 3.05) is 6.61 Å². The van der Waals surface area contributed by atoms with Gasteiger partial charge < -0.3 is 15.2 Å². The second kappa shape index (κ2) is 30.4. The first-order valence-electron chi connectivity index (χ1n) is 17.2. The maximum atomic E-state index is 12.5. The van der Waals surface area contributed by atoms with Crippen LogP contribution in [-0.2, 0) is 19.1 Å².